The molecular weight excluding hydrogens is 396 g/mol. The monoisotopic (exact) mass is 426 g/mol. The number of hydrogen-bond donors (Lipinski definition) is 3. The number of carbonyl (C=O) groups is 2. The van der Waals surface area contributed by atoms with E-state index in [1.165, 1.54) is 25.3 Å². The molecule has 1 heterocycles. The normalized spacial score (nSPS) is 17.8. The van der Waals surface area contributed by atoms with Crippen LogP contribution in [0.3, 0.4) is 0 Å². The Morgan fingerprint density at radius 1 is 1.31 bits per heavy atom. The molecule has 0 spiro atoms. The standard InChI is InChI=1S/C19H30N4O5S/c1-28-12-9-22-29(26,27)17-7-2-5-15(13-17)19(25)21-8-4-11-23-10-3-6-16(14-23)18(20)24/h2,5,7,13,16,22H,3-4,6,8-12,14H2,1H3,(H2,20,24)(H,21,25). The molecule has 1 aromatic rings. The number of amides is 2. The number of primary amides is 1. The fraction of sp³-hybridized carbons (Fsp3) is 0.579. The van der Waals surface area contributed by atoms with E-state index < -0.39 is 10.0 Å². The SMILES string of the molecule is COCCNS(=O)(=O)c1cccc(C(=O)NCCCN2CCCC(C(N)=O)C2)c1. The first-order chi connectivity index (χ1) is 13.8. The second kappa shape index (κ2) is 11.2. The molecule has 4 N–H and O–H groups in total. The summed E-state index contributed by atoms with van der Waals surface area (Å²) in [6.45, 7) is 3.23. The molecule has 1 saturated heterocycles. The highest BCUT2D eigenvalue weighted by Gasteiger charge is 2.23. The van der Waals surface area contributed by atoms with E-state index in [1.807, 2.05) is 0 Å². The number of benzene rings is 1. The topological polar surface area (TPSA) is 131 Å². The summed E-state index contributed by atoms with van der Waals surface area (Å²) in [6.07, 6.45) is 2.51. The molecular formula is C19H30N4O5S. The van der Waals surface area contributed by atoms with Crippen LogP contribution in [-0.4, -0.2) is 71.6 Å². The van der Waals surface area contributed by atoms with Crippen LogP contribution in [0.1, 0.15) is 29.6 Å². The highest BCUT2D eigenvalue weighted by atomic mass is 32.2. The van der Waals surface area contributed by atoms with Crippen LogP contribution in [0.25, 0.3) is 0 Å². The average Bonchev–Trinajstić information content (AvgIpc) is 2.71. The molecule has 0 aliphatic carbocycles. The van der Waals surface area contributed by atoms with Gasteiger partial charge in [0.05, 0.1) is 17.4 Å². The number of nitrogens with two attached hydrogens (primary N) is 1. The Bertz CT molecular complexity index is 800. The summed E-state index contributed by atoms with van der Waals surface area (Å²) in [4.78, 5) is 25.9. The van der Waals surface area contributed by atoms with E-state index in [9.17, 15) is 18.0 Å². The molecule has 2 amide bonds. The Kier molecular flexibility index (Phi) is 9.02. The molecule has 29 heavy (non-hydrogen) atoms. The Hall–Kier alpha value is -2.01. The van der Waals surface area contributed by atoms with E-state index in [2.05, 4.69) is 14.9 Å². The van der Waals surface area contributed by atoms with Crippen molar-refractivity contribution in [3.63, 3.8) is 0 Å². The Morgan fingerprint density at radius 3 is 2.83 bits per heavy atom. The molecule has 10 heteroatoms. The van der Waals surface area contributed by atoms with Gasteiger partial charge in [-0.3, -0.25) is 9.59 Å². The lowest BCUT2D eigenvalue weighted by atomic mass is 9.97. The van der Waals surface area contributed by atoms with Gasteiger partial charge in [0.25, 0.3) is 5.91 Å². The Morgan fingerprint density at radius 2 is 2.10 bits per heavy atom. The van der Waals surface area contributed by atoms with Gasteiger partial charge >= 0.3 is 0 Å². The first-order valence-electron chi connectivity index (χ1n) is 9.72. The van der Waals surface area contributed by atoms with Gasteiger partial charge in [0.15, 0.2) is 0 Å². The molecule has 1 atom stereocenters. The lowest BCUT2D eigenvalue weighted by molar-refractivity contribution is -0.123. The highest BCUT2D eigenvalue weighted by molar-refractivity contribution is 7.89. The second-order valence-electron chi connectivity index (χ2n) is 7.07. The lowest BCUT2D eigenvalue weighted by Crippen LogP contribution is -2.42. The predicted molar refractivity (Wildman–Crippen MR) is 109 cm³/mol. The maximum Gasteiger partial charge on any atom is 0.251 e. The van der Waals surface area contributed by atoms with E-state index >= 15 is 0 Å². The van der Waals surface area contributed by atoms with E-state index in [-0.39, 0.29) is 41.3 Å². The van der Waals surface area contributed by atoms with Crippen molar-refractivity contribution in [2.24, 2.45) is 11.7 Å². The van der Waals surface area contributed by atoms with E-state index in [0.29, 0.717) is 13.1 Å². The fourth-order valence-electron chi connectivity index (χ4n) is 3.26. The lowest BCUT2D eigenvalue weighted by Gasteiger charge is -2.31. The number of carbonyl (C=O) groups excluding carboxylic acids is 2. The van der Waals surface area contributed by atoms with Crippen molar-refractivity contribution in [1.82, 2.24) is 14.9 Å². The van der Waals surface area contributed by atoms with Crippen LogP contribution in [0.5, 0.6) is 0 Å². The zero-order valence-corrected chi connectivity index (χ0v) is 17.5. The van der Waals surface area contributed by atoms with Crippen molar-refractivity contribution >= 4 is 21.8 Å². The minimum absolute atomic E-state index is 0.0343. The van der Waals surface area contributed by atoms with Crippen molar-refractivity contribution < 1.29 is 22.7 Å². The van der Waals surface area contributed by atoms with E-state index in [4.69, 9.17) is 10.5 Å². The van der Waals surface area contributed by atoms with Crippen LogP contribution in [0.4, 0.5) is 0 Å². The summed E-state index contributed by atoms with van der Waals surface area (Å²) < 4.78 is 31.8. The minimum Gasteiger partial charge on any atom is -0.383 e. The number of nitrogens with one attached hydrogen (secondary N) is 2. The number of likely N-dealkylation sites (tertiary alicyclic amines) is 1. The van der Waals surface area contributed by atoms with Gasteiger partial charge in [-0.2, -0.15) is 0 Å². The summed E-state index contributed by atoms with van der Waals surface area (Å²) >= 11 is 0. The number of sulfonamides is 1. The van der Waals surface area contributed by atoms with Crippen LogP contribution >= 0.6 is 0 Å². The van der Waals surface area contributed by atoms with Crippen LogP contribution in [0.15, 0.2) is 29.2 Å². The van der Waals surface area contributed by atoms with Gasteiger partial charge in [-0.15, -0.1) is 0 Å². The van der Waals surface area contributed by atoms with Gasteiger partial charge in [-0.25, -0.2) is 13.1 Å². The van der Waals surface area contributed by atoms with Crippen LogP contribution < -0.4 is 15.8 Å². The number of methoxy groups -OCH3 is 1. The summed E-state index contributed by atoms with van der Waals surface area (Å²) in [7, 11) is -2.21. The Balaban J connectivity index is 1.81. The van der Waals surface area contributed by atoms with Crippen molar-refractivity contribution in [1.29, 1.82) is 0 Å². The number of hydrogen-bond acceptors (Lipinski definition) is 6. The molecule has 1 aliphatic heterocycles. The molecule has 1 unspecified atom stereocenters. The van der Waals surface area contributed by atoms with Gasteiger partial charge in [0, 0.05) is 32.3 Å². The third-order valence-corrected chi connectivity index (χ3v) is 6.31. The second-order valence-corrected chi connectivity index (χ2v) is 8.84. The summed E-state index contributed by atoms with van der Waals surface area (Å²) in [5, 5.41) is 2.81. The molecule has 0 saturated carbocycles. The molecule has 1 fully saturated rings. The summed E-state index contributed by atoms with van der Waals surface area (Å²) in [5.41, 5.74) is 5.67. The van der Waals surface area contributed by atoms with Gasteiger partial charge < -0.3 is 20.7 Å². The predicted octanol–water partition coefficient (Wildman–Crippen LogP) is -0.0715. The number of ether oxygens (including phenoxy) is 1. The van der Waals surface area contributed by atoms with E-state index in [1.54, 1.807) is 6.07 Å². The van der Waals surface area contributed by atoms with Crippen LogP contribution in [-0.2, 0) is 19.6 Å². The highest BCUT2D eigenvalue weighted by Crippen LogP contribution is 2.16. The van der Waals surface area contributed by atoms with Gasteiger partial charge in [0.2, 0.25) is 15.9 Å². The zero-order valence-electron chi connectivity index (χ0n) is 16.7. The van der Waals surface area contributed by atoms with Crippen molar-refractivity contribution in [2.75, 3.05) is 46.4 Å². The van der Waals surface area contributed by atoms with E-state index in [0.717, 1.165) is 32.4 Å². The molecule has 0 aromatic heterocycles. The first-order valence-corrected chi connectivity index (χ1v) is 11.2. The number of piperidine rings is 1. The maximum atomic E-state index is 12.4. The largest absolute Gasteiger partial charge is 0.383 e. The molecule has 1 aliphatic rings. The average molecular weight is 427 g/mol. The molecule has 0 bridgehead atoms. The smallest absolute Gasteiger partial charge is 0.251 e. The summed E-state index contributed by atoms with van der Waals surface area (Å²) in [6, 6.07) is 5.91. The van der Waals surface area contributed by atoms with Crippen molar-refractivity contribution in [2.45, 2.75) is 24.2 Å². The Labute approximate surface area is 172 Å². The zero-order chi connectivity index (χ0) is 21.3. The van der Waals surface area contributed by atoms with Crippen molar-refractivity contribution in [3.8, 4) is 0 Å². The molecule has 9 nitrogen and oxygen atoms in total. The summed E-state index contributed by atoms with van der Waals surface area (Å²) in [5.74, 6) is -0.678. The fourth-order valence-corrected chi connectivity index (χ4v) is 4.32. The van der Waals surface area contributed by atoms with Gasteiger partial charge in [-0.1, -0.05) is 6.07 Å². The van der Waals surface area contributed by atoms with Crippen LogP contribution in [0.2, 0.25) is 0 Å². The molecule has 2 rings (SSSR count). The van der Waals surface area contributed by atoms with Crippen LogP contribution in [0, 0.1) is 5.92 Å². The maximum absolute atomic E-state index is 12.4. The number of nitrogens with zero attached hydrogens (tertiary/aromatic N) is 1. The first kappa shape index (κ1) is 23.3. The third-order valence-electron chi connectivity index (χ3n) is 4.85. The molecule has 1 aromatic carbocycles. The van der Waals surface area contributed by atoms with Gasteiger partial charge in [-0.05, 0) is 50.6 Å². The quantitative estimate of drug-likeness (QED) is 0.425. The van der Waals surface area contributed by atoms with Crippen molar-refractivity contribution in [3.05, 3.63) is 29.8 Å². The number of rotatable bonds is 11. The molecule has 162 valence electrons. The third kappa shape index (κ3) is 7.39. The van der Waals surface area contributed by atoms with Gasteiger partial charge in [0.1, 0.15) is 0 Å². The minimum atomic E-state index is -3.69. The molecule has 0 radical (unpaired) electrons.